The largest absolute Gasteiger partial charge is 0.350 e. The molecule has 0 saturated carbocycles. The second kappa shape index (κ2) is 5.38. The van der Waals surface area contributed by atoms with Crippen molar-refractivity contribution in [3.05, 3.63) is 36.0 Å². The molecule has 4 heteroatoms. The van der Waals surface area contributed by atoms with Gasteiger partial charge in [-0.3, -0.25) is 4.79 Å². The van der Waals surface area contributed by atoms with Crippen LogP contribution in [0.15, 0.2) is 30.5 Å². The Labute approximate surface area is 119 Å². The molecule has 1 aromatic heterocycles. The summed E-state index contributed by atoms with van der Waals surface area (Å²) in [5.41, 5.74) is 1.32. The molecule has 4 nitrogen and oxygen atoms in total. The average molecular weight is 269 g/mol. The van der Waals surface area contributed by atoms with Crippen molar-refractivity contribution in [3.63, 3.8) is 0 Å². The maximum atomic E-state index is 12.1. The van der Waals surface area contributed by atoms with Crippen LogP contribution in [0.5, 0.6) is 0 Å². The van der Waals surface area contributed by atoms with Gasteiger partial charge in [0, 0.05) is 17.3 Å². The van der Waals surface area contributed by atoms with Crippen LogP contribution in [-0.4, -0.2) is 16.0 Å². The molecule has 0 atom stereocenters. The highest BCUT2D eigenvalue weighted by molar-refractivity contribution is 5.84. The third kappa shape index (κ3) is 3.00. The van der Waals surface area contributed by atoms with E-state index < -0.39 is 0 Å². The molecular formula is C16H19N3O. The Balaban J connectivity index is 2.22. The van der Waals surface area contributed by atoms with Crippen LogP contribution in [0.3, 0.4) is 0 Å². The number of rotatable bonds is 4. The van der Waals surface area contributed by atoms with Gasteiger partial charge in [-0.1, -0.05) is 13.0 Å². The fraction of sp³-hybridized carbons (Fsp3) is 0.375. The lowest BCUT2D eigenvalue weighted by atomic mass is 10.0. The van der Waals surface area contributed by atoms with Crippen LogP contribution in [-0.2, 0) is 11.3 Å². The normalized spacial score (nSPS) is 11.3. The molecule has 0 saturated heterocycles. The molecule has 0 fully saturated rings. The lowest BCUT2D eigenvalue weighted by Crippen LogP contribution is -2.44. The molecule has 0 aliphatic heterocycles. The number of nitriles is 1. The molecule has 20 heavy (non-hydrogen) atoms. The topological polar surface area (TPSA) is 57.8 Å². The minimum atomic E-state index is -0.197. The van der Waals surface area contributed by atoms with E-state index in [4.69, 9.17) is 5.26 Å². The SMILES string of the molecule is CCC(C)(C)NC(=O)Cn1ccc2ccc(C#N)cc21. The molecule has 0 unspecified atom stereocenters. The van der Waals surface area contributed by atoms with Crippen LogP contribution in [0.1, 0.15) is 32.8 Å². The first-order valence-corrected chi connectivity index (χ1v) is 6.75. The fourth-order valence-electron chi connectivity index (χ4n) is 2.05. The van der Waals surface area contributed by atoms with Crippen molar-refractivity contribution in [1.29, 1.82) is 5.26 Å². The zero-order valence-corrected chi connectivity index (χ0v) is 12.1. The Kier molecular flexibility index (Phi) is 3.80. The first-order chi connectivity index (χ1) is 9.45. The molecule has 1 heterocycles. The van der Waals surface area contributed by atoms with Gasteiger partial charge < -0.3 is 9.88 Å². The summed E-state index contributed by atoms with van der Waals surface area (Å²) in [7, 11) is 0. The highest BCUT2D eigenvalue weighted by Gasteiger charge is 2.18. The summed E-state index contributed by atoms with van der Waals surface area (Å²) in [5, 5.41) is 13.0. The molecule has 0 aliphatic carbocycles. The van der Waals surface area contributed by atoms with E-state index in [1.807, 2.05) is 49.7 Å². The Morgan fingerprint density at radius 2 is 2.15 bits per heavy atom. The first-order valence-electron chi connectivity index (χ1n) is 6.75. The third-order valence-electron chi connectivity index (χ3n) is 3.58. The Morgan fingerprint density at radius 1 is 1.40 bits per heavy atom. The van der Waals surface area contributed by atoms with Gasteiger partial charge in [-0.05, 0) is 43.9 Å². The van der Waals surface area contributed by atoms with E-state index in [1.165, 1.54) is 0 Å². The standard InChI is InChI=1S/C16H19N3O/c1-4-16(2,3)18-15(20)11-19-8-7-13-6-5-12(10-17)9-14(13)19/h5-9H,4,11H2,1-3H3,(H,18,20). The highest BCUT2D eigenvalue weighted by atomic mass is 16.2. The van der Waals surface area contributed by atoms with E-state index in [0.29, 0.717) is 5.56 Å². The number of nitrogens with one attached hydrogen (secondary N) is 1. The molecule has 1 N–H and O–H groups in total. The molecule has 1 aromatic carbocycles. The zero-order valence-electron chi connectivity index (χ0n) is 12.1. The number of carbonyl (C=O) groups excluding carboxylic acids is 1. The zero-order chi connectivity index (χ0) is 14.8. The summed E-state index contributed by atoms with van der Waals surface area (Å²) >= 11 is 0. The summed E-state index contributed by atoms with van der Waals surface area (Å²) in [6.45, 7) is 6.32. The van der Waals surface area contributed by atoms with Gasteiger partial charge in [-0.25, -0.2) is 0 Å². The minimum absolute atomic E-state index is 0.0169. The number of benzene rings is 1. The quantitative estimate of drug-likeness (QED) is 0.927. The van der Waals surface area contributed by atoms with E-state index in [9.17, 15) is 4.79 Å². The van der Waals surface area contributed by atoms with E-state index in [1.54, 1.807) is 6.07 Å². The number of hydrogen-bond acceptors (Lipinski definition) is 2. The predicted molar refractivity (Wildman–Crippen MR) is 79.2 cm³/mol. The van der Waals surface area contributed by atoms with Crippen molar-refractivity contribution in [1.82, 2.24) is 9.88 Å². The second-order valence-electron chi connectivity index (χ2n) is 5.61. The summed E-state index contributed by atoms with van der Waals surface area (Å²) < 4.78 is 1.87. The summed E-state index contributed by atoms with van der Waals surface area (Å²) in [4.78, 5) is 12.1. The maximum Gasteiger partial charge on any atom is 0.240 e. The second-order valence-corrected chi connectivity index (χ2v) is 5.61. The van der Waals surface area contributed by atoms with Crippen LogP contribution < -0.4 is 5.32 Å². The van der Waals surface area contributed by atoms with Crippen molar-refractivity contribution in [2.45, 2.75) is 39.3 Å². The highest BCUT2D eigenvalue weighted by Crippen LogP contribution is 2.17. The van der Waals surface area contributed by atoms with E-state index in [2.05, 4.69) is 11.4 Å². The maximum absolute atomic E-state index is 12.1. The van der Waals surface area contributed by atoms with Gasteiger partial charge in [0.1, 0.15) is 6.54 Å². The van der Waals surface area contributed by atoms with Crippen LogP contribution >= 0.6 is 0 Å². The number of fused-ring (bicyclic) bond motifs is 1. The van der Waals surface area contributed by atoms with Gasteiger partial charge in [-0.2, -0.15) is 5.26 Å². The molecule has 2 aromatic rings. The van der Waals surface area contributed by atoms with E-state index in [0.717, 1.165) is 17.3 Å². The molecule has 104 valence electrons. The number of hydrogen-bond donors (Lipinski definition) is 1. The molecule has 1 amide bonds. The van der Waals surface area contributed by atoms with Gasteiger partial charge in [0.2, 0.25) is 5.91 Å². The Bertz CT molecular complexity index is 677. The van der Waals surface area contributed by atoms with Crippen molar-refractivity contribution in [2.24, 2.45) is 0 Å². The number of carbonyl (C=O) groups is 1. The predicted octanol–water partition coefficient (Wildman–Crippen LogP) is 2.82. The van der Waals surface area contributed by atoms with Crippen molar-refractivity contribution >= 4 is 16.8 Å². The van der Waals surface area contributed by atoms with Crippen LogP contribution in [0, 0.1) is 11.3 Å². The van der Waals surface area contributed by atoms with Gasteiger partial charge in [-0.15, -0.1) is 0 Å². The molecule has 0 aliphatic rings. The molecule has 2 rings (SSSR count). The van der Waals surface area contributed by atoms with Gasteiger partial charge in [0.05, 0.1) is 11.6 Å². The van der Waals surface area contributed by atoms with Crippen LogP contribution in [0.2, 0.25) is 0 Å². The Morgan fingerprint density at radius 3 is 2.80 bits per heavy atom. The van der Waals surface area contributed by atoms with E-state index in [-0.39, 0.29) is 18.0 Å². The summed E-state index contributed by atoms with van der Waals surface area (Å²) in [6.07, 6.45) is 2.76. The average Bonchev–Trinajstić information content (AvgIpc) is 2.80. The van der Waals surface area contributed by atoms with Gasteiger partial charge in [0.25, 0.3) is 0 Å². The smallest absolute Gasteiger partial charge is 0.240 e. The molecule has 0 radical (unpaired) electrons. The van der Waals surface area contributed by atoms with Gasteiger partial charge in [0.15, 0.2) is 0 Å². The Hall–Kier alpha value is -2.28. The number of aromatic nitrogens is 1. The van der Waals surface area contributed by atoms with Gasteiger partial charge >= 0.3 is 0 Å². The first kappa shape index (κ1) is 14.1. The number of nitrogens with zero attached hydrogens (tertiary/aromatic N) is 2. The number of amides is 1. The third-order valence-corrected chi connectivity index (χ3v) is 3.58. The fourth-order valence-corrected chi connectivity index (χ4v) is 2.05. The lowest BCUT2D eigenvalue weighted by molar-refractivity contribution is -0.123. The molecule has 0 spiro atoms. The summed E-state index contributed by atoms with van der Waals surface area (Å²) in [5.74, 6) is -0.0169. The monoisotopic (exact) mass is 269 g/mol. The van der Waals surface area contributed by atoms with Crippen LogP contribution in [0.4, 0.5) is 0 Å². The molecule has 0 bridgehead atoms. The van der Waals surface area contributed by atoms with Crippen molar-refractivity contribution < 1.29 is 4.79 Å². The van der Waals surface area contributed by atoms with Crippen molar-refractivity contribution in [3.8, 4) is 6.07 Å². The van der Waals surface area contributed by atoms with E-state index >= 15 is 0 Å². The lowest BCUT2D eigenvalue weighted by Gasteiger charge is -2.24. The van der Waals surface area contributed by atoms with Crippen molar-refractivity contribution in [2.75, 3.05) is 0 Å². The summed E-state index contributed by atoms with van der Waals surface area (Å²) in [6, 6.07) is 9.57. The molecular weight excluding hydrogens is 250 g/mol. The van der Waals surface area contributed by atoms with Crippen LogP contribution in [0.25, 0.3) is 10.9 Å². The minimum Gasteiger partial charge on any atom is -0.350 e.